The molecule has 1 heterocycles. The number of carbonyl (C=O) groups excluding carboxylic acids is 3. The molecule has 168 valence electrons. The molecule has 8 heteroatoms. The lowest BCUT2D eigenvalue weighted by molar-refractivity contribution is 0.0541. The van der Waals surface area contributed by atoms with Crippen molar-refractivity contribution in [2.24, 2.45) is 0 Å². The van der Waals surface area contributed by atoms with Crippen LogP contribution in [0.5, 0.6) is 0 Å². The van der Waals surface area contributed by atoms with E-state index in [1.165, 1.54) is 30.9 Å². The van der Waals surface area contributed by atoms with Gasteiger partial charge >= 0.3 is 18.0 Å². The zero-order chi connectivity index (χ0) is 23.6. The van der Waals surface area contributed by atoms with Crippen LogP contribution in [0.1, 0.15) is 47.1 Å². The van der Waals surface area contributed by atoms with E-state index in [2.05, 4.69) is 0 Å². The maximum atomic E-state index is 13.3. The van der Waals surface area contributed by atoms with Crippen molar-refractivity contribution >= 4 is 28.9 Å². The van der Waals surface area contributed by atoms with Crippen molar-refractivity contribution in [3.05, 3.63) is 59.2 Å². The number of carbonyl (C=O) groups is 3. The van der Waals surface area contributed by atoms with Gasteiger partial charge in [0.25, 0.3) is 0 Å². The molecule has 0 saturated carbocycles. The normalized spacial score (nSPS) is 11.3. The van der Waals surface area contributed by atoms with E-state index in [0.29, 0.717) is 16.8 Å². The van der Waals surface area contributed by atoms with Crippen LogP contribution in [0.25, 0.3) is 22.2 Å². The van der Waals surface area contributed by atoms with Crippen LogP contribution < -0.4 is 0 Å². The van der Waals surface area contributed by atoms with Crippen LogP contribution in [-0.2, 0) is 20.8 Å². The van der Waals surface area contributed by atoms with Crippen LogP contribution in [0.15, 0.2) is 42.5 Å². The maximum absolute atomic E-state index is 13.3. The van der Waals surface area contributed by atoms with Crippen molar-refractivity contribution in [1.82, 2.24) is 4.57 Å². The van der Waals surface area contributed by atoms with Gasteiger partial charge in [0.05, 0.1) is 43.2 Å². The smallest absolute Gasteiger partial charge is 0.419 e. The number of aromatic nitrogens is 1. The number of nitrogens with zero attached hydrogens (tertiary/aromatic N) is 1. The predicted molar refractivity (Wildman–Crippen MR) is 118 cm³/mol. The van der Waals surface area contributed by atoms with Crippen molar-refractivity contribution in [3.63, 3.8) is 0 Å². The number of aliphatic hydroxyl groups is 1. The van der Waals surface area contributed by atoms with E-state index >= 15 is 0 Å². The Labute approximate surface area is 185 Å². The van der Waals surface area contributed by atoms with Gasteiger partial charge in [0.2, 0.25) is 0 Å². The van der Waals surface area contributed by atoms with E-state index < -0.39 is 30.2 Å². The highest BCUT2D eigenvalue weighted by molar-refractivity contribution is 6.12. The number of benzene rings is 2. The molecule has 0 radical (unpaired) electrons. The van der Waals surface area contributed by atoms with Crippen molar-refractivity contribution in [2.75, 3.05) is 14.2 Å². The third-order valence-corrected chi connectivity index (χ3v) is 4.78. The zero-order valence-electron chi connectivity index (χ0n) is 18.6. The fraction of sp³-hybridized carbons (Fsp3) is 0.292. The molecule has 0 aliphatic carbocycles. The van der Waals surface area contributed by atoms with Gasteiger partial charge in [-0.1, -0.05) is 30.3 Å². The molecule has 3 rings (SSSR count). The zero-order valence-corrected chi connectivity index (χ0v) is 18.6. The molecule has 2 aromatic carbocycles. The molecule has 0 spiro atoms. The molecule has 0 bridgehead atoms. The molecule has 0 fully saturated rings. The van der Waals surface area contributed by atoms with Gasteiger partial charge in [0.15, 0.2) is 0 Å². The molecule has 0 aliphatic heterocycles. The van der Waals surface area contributed by atoms with Gasteiger partial charge in [-0.25, -0.2) is 19.0 Å². The first-order valence-electron chi connectivity index (χ1n) is 9.90. The number of fused-ring (bicyclic) bond motifs is 1. The van der Waals surface area contributed by atoms with Crippen molar-refractivity contribution in [3.8, 4) is 11.3 Å². The van der Waals surface area contributed by atoms with E-state index in [-0.39, 0.29) is 22.0 Å². The number of hydrogen-bond donors (Lipinski definition) is 1. The van der Waals surface area contributed by atoms with Gasteiger partial charge in [-0.3, -0.25) is 0 Å². The second kappa shape index (κ2) is 8.84. The van der Waals surface area contributed by atoms with Gasteiger partial charge in [-0.15, -0.1) is 0 Å². The molecule has 0 saturated heterocycles. The lowest BCUT2D eigenvalue weighted by Gasteiger charge is -2.21. The Balaban J connectivity index is 2.52. The SMILES string of the molecule is COC(=O)c1cc(C(=O)OC)c2c(CO)c(-c3ccccc3)n(C(=O)OC(C)(C)C)c2c1. The number of hydrogen-bond acceptors (Lipinski definition) is 7. The van der Waals surface area contributed by atoms with E-state index in [0.717, 1.165) is 0 Å². The van der Waals surface area contributed by atoms with Crippen molar-refractivity contribution in [2.45, 2.75) is 33.0 Å². The van der Waals surface area contributed by atoms with E-state index in [1.807, 2.05) is 6.07 Å². The lowest BCUT2D eigenvalue weighted by atomic mass is 10.00. The molecule has 0 unspecified atom stereocenters. The molecule has 0 aliphatic rings. The lowest BCUT2D eigenvalue weighted by Crippen LogP contribution is -2.27. The maximum Gasteiger partial charge on any atom is 0.419 e. The first kappa shape index (κ1) is 23.0. The third-order valence-electron chi connectivity index (χ3n) is 4.78. The second-order valence-corrected chi connectivity index (χ2v) is 8.07. The van der Waals surface area contributed by atoms with Gasteiger partial charge < -0.3 is 19.3 Å². The summed E-state index contributed by atoms with van der Waals surface area (Å²) in [7, 11) is 2.42. The Morgan fingerprint density at radius 1 is 0.969 bits per heavy atom. The summed E-state index contributed by atoms with van der Waals surface area (Å²) in [6.07, 6.45) is -0.723. The fourth-order valence-electron chi connectivity index (χ4n) is 3.55. The quantitative estimate of drug-likeness (QED) is 0.481. The Kier molecular flexibility index (Phi) is 6.36. The van der Waals surface area contributed by atoms with Crippen LogP contribution >= 0.6 is 0 Å². The summed E-state index contributed by atoms with van der Waals surface area (Å²) in [6.45, 7) is 4.71. The minimum Gasteiger partial charge on any atom is -0.465 e. The average Bonchev–Trinajstić information content (AvgIpc) is 3.11. The summed E-state index contributed by atoms with van der Waals surface area (Å²) in [5.74, 6) is -1.42. The standard InChI is InChI=1S/C24H25NO7/c1-24(2,3)32-23(29)25-18-12-15(21(27)30-4)11-16(22(28)31-5)19(18)17(13-26)20(25)14-9-7-6-8-10-14/h6-12,26H,13H2,1-5H3. The summed E-state index contributed by atoms with van der Waals surface area (Å²) in [4.78, 5) is 38.3. The number of aliphatic hydroxyl groups excluding tert-OH is 1. The van der Waals surface area contributed by atoms with Crippen LogP contribution in [-0.4, -0.2) is 47.5 Å². The largest absolute Gasteiger partial charge is 0.465 e. The van der Waals surface area contributed by atoms with Crippen molar-refractivity contribution in [1.29, 1.82) is 0 Å². The van der Waals surface area contributed by atoms with Crippen molar-refractivity contribution < 1.29 is 33.7 Å². The van der Waals surface area contributed by atoms with Crippen LogP contribution in [0.2, 0.25) is 0 Å². The monoisotopic (exact) mass is 439 g/mol. The highest BCUT2D eigenvalue weighted by Crippen LogP contribution is 2.37. The Morgan fingerprint density at radius 3 is 2.12 bits per heavy atom. The Bertz CT molecular complexity index is 1190. The first-order chi connectivity index (χ1) is 15.1. The summed E-state index contributed by atoms with van der Waals surface area (Å²) in [6, 6.07) is 11.7. The fourth-order valence-corrected chi connectivity index (χ4v) is 3.55. The first-order valence-corrected chi connectivity index (χ1v) is 9.90. The Hall–Kier alpha value is -3.65. The molecule has 1 N–H and O–H groups in total. The van der Waals surface area contributed by atoms with E-state index in [4.69, 9.17) is 14.2 Å². The topological polar surface area (TPSA) is 104 Å². The molecular formula is C24H25NO7. The average molecular weight is 439 g/mol. The molecule has 8 nitrogen and oxygen atoms in total. The third kappa shape index (κ3) is 4.22. The Morgan fingerprint density at radius 2 is 1.59 bits per heavy atom. The van der Waals surface area contributed by atoms with Crippen LogP contribution in [0.3, 0.4) is 0 Å². The van der Waals surface area contributed by atoms with E-state index in [9.17, 15) is 19.5 Å². The predicted octanol–water partition coefficient (Wildman–Crippen LogP) is 4.16. The van der Waals surface area contributed by atoms with Gasteiger partial charge in [0, 0.05) is 10.9 Å². The van der Waals surface area contributed by atoms with E-state index in [1.54, 1.807) is 45.0 Å². The highest BCUT2D eigenvalue weighted by atomic mass is 16.6. The molecule has 0 atom stereocenters. The number of esters is 2. The van der Waals surface area contributed by atoms with Gasteiger partial charge in [-0.2, -0.15) is 0 Å². The minimum absolute atomic E-state index is 0.0222. The molecule has 3 aromatic rings. The van der Waals surface area contributed by atoms with Crippen LogP contribution in [0, 0.1) is 0 Å². The molecule has 0 amide bonds. The number of methoxy groups -OCH3 is 2. The highest BCUT2D eigenvalue weighted by Gasteiger charge is 2.30. The summed E-state index contributed by atoms with van der Waals surface area (Å²) in [5, 5.41) is 10.6. The summed E-state index contributed by atoms with van der Waals surface area (Å²) >= 11 is 0. The molecule has 32 heavy (non-hydrogen) atoms. The molecular weight excluding hydrogens is 414 g/mol. The van der Waals surface area contributed by atoms with Gasteiger partial charge in [-0.05, 0) is 38.5 Å². The number of ether oxygens (including phenoxy) is 3. The van der Waals surface area contributed by atoms with Gasteiger partial charge in [0.1, 0.15) is 5.60 Å². The molecule has 1 aromatic heterocycles. The number of rotatable bonds is 4. The van der Waals surface area contributed by atoms with Crippen LogP contribution in [0.4, 0.5) is 4.79 Å². The minimum atomic E-state index is -0.813. The second-order valence-electron chi connectivity index (χ2n) is 8.07. The summed E-state index contributed by atoms with van der Waals surface area (Å²) < 4.78 is 16.6. The summed E-state index contributed by atoms with van der Waals surface area (Å²) in [5.41, 5.74) is 0.769.